The van der Waals surface area contributed by atoms with Gasteiger partial charge in [-0.05, 0) is 43.5 Å². The summed E-state index contributed by atoms with van der Waals surface area (Å²) in [6.07, 6.45) is -0.838. The third-order valence-electron chi connectivity index (χ3n) is 1.71. The van der Waals surface area contributed by atoms with Crippen LogP contribution in [0.25, 0.3) is 0 Å². The summed E-state index contributed by atoms with van der Waals surface area (Å²) in [6, 6.07) is 1.84. The summed E-state index contributed by atoms with van der Waals surface area (Å²) in [5.41, 5.74) is 1.70. The van der Waals surface area contributed by atoms with Gasteiger partial charge >= 0.3 is 0 Å². The minimum absolute atomic E-state index is 0.441. The minimum atomic E-state index is -0.838. The smallest absolute Gasteiger partial charge is 0.184 e. The summed E-state index contributed by atoms with van der Waals surface area (Å²) in [6.45, 7) is 0.441. The van der Waals surface area contributed by atoms with Crippen LogP contribution in [0.5, 0.6) is 0 Å². The van der Waals surface area contributed by atoms with Crippen molar-refractivity contribution >= 4 is 31.9 Å². The standard InChI is InChI=1S/C7H5Br2NO2/c8-4-1-3-2-12-7(11)5(3)6(9)10-4/h1,7,11H,2H2. The third-order valence-corrected chi connectivity index (χ3v) is 2.72. The molecule has 1 aromatic heterocycles. The van der Waals surface area contributed by atoms with Crippen LogP contribution in [0.4, 0.5) is 0 Å². The highest BCUT2D eigenvalue weighted by Gasteiger charge is 2.24. The number of halogens is 2. The Labute approximate surface area is 86.0 Å². The number of rotatable bonds is 0. The van der Waals surface area contributed by atoms with Gasteiger partial charge in [0.2, 0.25) is 0 Å². The van der Waals surface area contributed by atoms with Crippen LogP contribution >= 0.6 is 31.9 Å². The summed E-state index contributed by atoms with van der Waals surface area (Å²) in [5, 5.41) is 9.35. The van der Waals surface area contributed by atoms with Crippen LogP contribution < -0.4 is 0 Å². The molecule has 1 aliphatic heterocycles. The van der Waals surface area contributed by atoms with Gasteiger partial charge in [-0.2, -0.15) is 0 Å². The largest absolute Gasteiger partial charge is 0.364 e. The Bertz CT molecular complexity index is 329. The summed E-state index contributed by atoms with van der Waals surface area (Å²) >= 11 is 6.51. The van der Waals surface area contributed by atoms with Crippen LogP contribution in [-0.4, -0.2) is 10.1 Å². The number of aliphatic hydroxyl groups excluding tert-OH is 1. The molecule has 3 nitrogen and oxygen atoms in total. The molecule has 0 aliphatic carbocycles. The van der Waals surface area contributed by atoms with Crippen LogP contribution in [0.1, 0.15) is 17.4 Å². The molecule has 1 aliphatic rings. The number of fused-ring (bicyclic) bond motifs is 1. The van der Waals surface area contributed by atoms with E-state index in [0.29, 0.717) is 11.2 Å². The van der Waals surface area contributed by atoms with Crippen molar-refractivity contribution in [3.05, 3.63) is 26.4 Å². The fraction of sp³-hybridized carbons (Fsp3) is 0.286. The first kappa shape index (κ1) is 8.62. The van der Waals surface area contributed by atoms with E-state index in [1.807, 2.05) is 6.07 Å². The van der Waals surface area contributed by atoms with Crippen LogP contribution in [0, 0.1) is 0 Å². The van der Waals surface area contributed by atoms with Crippen molar-refractivity contribution in [2.45, 2.75) is 12.9 Å². The van der Waals surface area contributed by atoms with Crippen molar-refractivity contribution in [3.63, 3.8) is 0 Å². The van der Waals surface area contributed by atoms with Gasteiger partial charge in [-0.15, -0.1) is 0 Å². The Kier molecular flexibility index (Phi) is 2.20. The second kappa shape index (κ2) is 3.06. The molecule has 0 saturated carbocycles. The molecule has 0 spiro atoms. The van der Waals surface area contributed by atoms with Gasteiger partial charge in [0, 0.05) is 5.56 Å². The number of hydrogen-bond acceptors (Lipinski definition) is 3. The van der Waals surface area contributed by atoms with Gasteiger partial charge in [-0.25, -0.2) is 4.98 Å². The maximum Gasteiger partial charge on any atom is 0.184 e. The highest BCUT2D eigenvalue weighted by molar-refractivity contribution is 9.11. The summed E-state index contributed by atoms with van der Waals surface area (Å²) in [5.74, 6) is 0. The number of ether oxygens (including phenoxy) is 1. The summed E-state index contributed by atoms with van der Waals surface area (Å²) < 4.78 is 6.40. The first-order chi connectivity index (χ1) is 5.68. The van der Waals surface area contributed by atoms with Gasteiger partial charge in [-0.1, -0.05) is 0 Å². The molecular formula is C7H5Br2NO2. The highest BCUT2D eigenvalue weighted by atomic mass is 79.9. The van der Waals surface area contributed by atoms with Crippen molar-refractivity contribution < 1.29 is 9.84 Å². The van der Waals surface area contributed by atoms with E-state index >= 15 is 0 Å². The second-order valence-corrected chi connectivity index (χ2v) is 4.04. The Balaban J connectivity index is 2.60. The SMILES string of the molecule is OC1OCc2cc(Br)nc(Br)c21. The third kappa shape index (κ3) is 1.31. The molecule has 1 unspecified atom stereocenters. The zero-order valence-electron chi connectivity index (χ0n) is 5.92. The van der Waals surface area contributed by atoms with Crippen molar-refractivity contribution in [3.8, 4) is 0 Å². The van der Waals surface area contributed by atoms with Crippen LogP contribution in [0.15, 0.2) is 15.3 Å². The highest BCUT2D eigenvalue weighted by Crippen LogP contribution is 2.34. The van der Waals surface area contributed by atoms with Crippen molar-refractivity contribution in [1.82, 2.24) is 4.98 Å². The molecule has 12 heavy (non-hydrogen) atoms. The average molecular weight is 295 g/mol. The minimum Gasteiger partial charge on any atom is -0.364 e. The van der Waals surface area contributed by atoms with E-state index in [1.165, 1.54) is 0 Å². The molecule has 0 amide bonds. The Hall–Kier alpha value is 0.0300. The molecule has 1 aromatic rings. The molecule has 0 aromatic carbocycles. The molecule has 0 fully saturated rings. The van der Waals surface area contributed by atoms with Crippen LogP contribution in [0.2, 0.25) is 0 Å². The van der Waals surface area contributed by atoms with Crippen molar-refractivity contribution in [2.24, 2.45) is 0 Å². The molecule has 1 N–H and O–H groups in total. The summed E-state index contributed by atoms with van der Waals surface area (Å²) in [7, 11) is 0. The van der Waals surface area contributed by atoms with Gasteiger partial charge < -0.3 is 9.84 Å². The van der Waals surface area contributed by atoms with Gasteiger partial charge in [0.05, 0.1) is 6.61 Å². The number of aliphatic hydroxyl groups is 1. The molecule has 64 valence electrons. The number of hydrogen-bond donors (Lipinski definition) is 1. The molecule has 2 heterocycles. The Morgan fingerprint density at radius 3 is 3.08 bits per heavy atom. The van der Waals surface area contributed by atoms with Gasteiger partial charge in [0.25, 0.3) is 0 Å². The zero-order chi connectivity index (χ0) is 8.72. The molecule has 5 heteroatoms. The lowest BCUT2D eigenvalue weighted by molar-refractivity contribution is -0.0923. The number of aromatic nitrogens is 1. The van der Waals surface area contributed by atoms with E-state index in [0.717, 1.165) is 15.7 Å². The lowest BCUT2D eigenvalue weighted by atomic mass is 10.2. The van der Waals surface area contributed by atoms with E-state index < -0.39 is 6.29 Å². The first-order valence-electron chi connectivity index (χ1n) is 3.33. The quantitative estimate of drug-likeness (QED) is 0.746. The predicted octanol–water partition coefficient (Wildman–Crippen LogP) is 2.13. The normalized spacial score (nSPS) is 21.1. The molecule has 1 atom stereocenters. The number of pyridine rings is 1. The number of nitrogens with zero attached hydrogens (tertiary/aromatic N) is 1. The fourth-order valence-electron chi connectivity index (χ4n) is 1.17. The molecular weight excluding hydrogens is 290 g/mol. The van der Waals surface area contributed by atoms with Crippen LogP contribution in [0.3, 0.4) is 0 Å². The lowest BCUT2D eigenvalue weighted by Crippen LogP contribution is -1.95. The molecule has 0 radical (unpaired) electrons. The maximum absolute atomic E-state index is 9.35. The fourth-order valence-corrected chi connectivity index (χ4v) is 2.51. The van der Waals surface area contributed by atoms with E-state index in [1.54, 1.807) is 0 Å². The summed E-state index contributed by atoms with van der Waals surface area (Å²) in [4.78, 5) is 4.09. The van der Waals surface area contributed by atoms with E-state index in [2.05, 4.69) is 36.8 Å². The Morgan fingerprint density at radius 2 is 2.33 bits per heavy atom. The van der Waals surface area contributed by atoms with E-state index in [-0.39, 0.29) is 0 Å². The molecule has 0 bridgehead atoms. The monoisotopic (exact) mass is 293 g/mol. The van der Waals surface area contributed by atoms with E-state index in [9.17, 15) is 5.11 Å². The average Bonchev–Trinajstić information content (AvgIpc) is 2.31. The maximum atomic E-state index is 9.35. The zero-order valence-corrected chi connectivity index (χ0v) is 9.09. The topological polar surface area (TPSA) is 42.4 Å². The van der Waals surface area contributed by atoms with Gasteiger partial charge in [0.1, 0.15) is 9.21 Å². The van der Waals surface area contributed by atoms with Crippen molar-refractivity contribution in [1.29, 1.82) is 0 Å². The van der Waals surface area contributed by atoms with Crippen molar-refractivity contribution in [2.75, 3.05) is 0 Å². The molecule has 0 saturated heterocycles. The van der Waals surface area contributed by atoms with E-state index in [4.69, 9.17) is 4.74 Å². The molecule has 2 rings (SSSR count). The lowest BCUT2D eigenvalue weighted by Gasteiger charge is -2.03. The van der Waals surface area contributed by atoms with Gasteiger partial charge in [0.15, 0.2) is 6.29 Å². The predicted molar refractivity (Wildman–Crippen MR) is 49.4 cm³/mol. The van der Waals surface area contributed by atoms with Crippen LogP contribution in [-0.2, 0) is 11.3 Å². The second-order valence-electron chi connectivity index (χ2n) is 2.47. The van der Waals surface area contributed by atoms with Gasteiger partial charge in [-0.3, -0.25) is 0 Å². The first-order valence-corrected chi connectivity index (χ1v) is 4.91. The Morgan fingerprint density at radius 1 is 1.58 bits per heavy atom.